The predicted molar refractivity (Wildman–Crippen MR) is 188 cm³/mol. The summed E-state index contributed by atoms with van der Waals surface area (Å²) in [6, 6.07) is 38.4. The molecule has 230 valence electrons. The number of carbonyl (C=O) groups is 3. The number of carbonyl (C=O) groups excluding carboxylic acids is 3. The first kappa shape index (κ1) is 32.3. The molecule has 0 aliphatic heterocycles. The molecule has 46 heavy (non-hydrogen) atoms. The molecular formula is C38H32ClN3O3S. The lowest BCUT2D eigenvalue weighted by Gasteiger charge is -2.19. The Morgan fingerprint density at radius 3 is 2.07 bits per heavy atom. The van der Waals surface area contributed by atoms with Crippen molar-refractivity contribution in [1.82, 2.24) is 5.32 Å². The van der Waals surface area contributed by atoms with Gasteiger partial charge in [0.25, 0.3) is 11.8 Å². The van der Waals surface area contributed by atoms with Crippen LogP contribution in [0.1, 0.15) is 37.9 Å². The highest BCUT2D eigenvalue weighted by molar-refractivity contribution is 8.00. The van der Waals surface area contributed by atoms with Crippen LogP contribution in [0.15, 0.2) is 138 Å². The lowest BCUT2D eigenvalue weighted by atomic mass is 10.1. The number of aryl methyl sites for hydroxylation is 1. The van der Waals surface area contributed by atoms with Crippen LogP contribution < -0.4 is 16.0 Å². The van der Waals surface area contributed by atoms with Gasteiger partial charge in [0.15, 0.2) is 0 Å². The number of thioether (sulfide) groups is 1. The molecule has 5 rings (SSSR count). The molecule has 0 heterocycles. The van der Waals surface area contributed by atoms with Crippen LogP contribution in [-0.2, 0) is 9.59 Å². The maximum Gasteiger partial charge on any atom is 0.272 e. The van der Waals surface area contributed by atoms with E-state index in [9.17, 15) is 14.4 Å². The van der Waals surface area contributed by atoms with E-state index < -0.39 is 17.1 Å². The Kier molecular flexibility index (Phi) is 10.7. The van der Waals surface area contributed by atoms with Gasteiger partial charge in [0.1, 0.15) is 10.9 Å². The zero-order valence-corrected chi connectivity index (χ0v) is 26.9. The monoisotopic (exact) mass is 645 g/mol. The third-order valence-corrected chi connectivity index (χ3v) is 8.91. The predicted octanol–water partition coefficient (Wildman–Crippen LogP) is 8.84. The van der Waals surface area contributed by atoms with E-state index in [-0.39, 0.29) is 11.6 Å². The number of anilines is 2. The summed E-state index contributed by atoms with van der Waals surface area (Å²) in [4.78, 5) is 40.9. The molecule has 3 N–H and O–H groups in total. The SMILES string of the molecule is Cc1cccc(NC(=O)C(Sc2ccc(NC(=O)/C(=C/c3ccccc3Cl)NC(=O)c3ccccc3)cc2)c2ccccc2)c1C. The fourth-order valence-electron chi connectivity index (χ4n) is 4.63. The molecule has 3 amide bonds. The van der Waals surface area contributed by atoms with Crippen molar-refractivity contribution in [2.45, 2.75) is 24.0 Å². The van der Waals surface area contributed by atoms with E-state index in [2.05, 4.69) is 16.0 Å². The third-order valence-electron chi connectivity index (χ3n) is 7.30. The number of hydrogen-bond acceptors (Lipinski definition) is 4. The standard InChI is InChI=1S/C38H32ClN3O3S/c1-25-12-11-19-33(26(25)2)41-38(45)35(27-13-5-3-6-14-27)46-31-22-20-30(21-23-31)40-37(44)34(24-29-17-9-10-18-32(29)39)42-36(43)28-15-7-4-8-16-28/h3-24,35H,1-2H3,(H,40,44)(H,41,45)(H,42,43)/b34-24-. The van der Waals surface area contributed by atoms with Crippen LogP contribution in [0, 0.1) is 13.8 Å². The molecule has 8 heteroatoms. The van der Waals surface area contributed by atoms with Gasteiger partial charge >= 0.3 is 0 Å². The zero-order chi connectivity index (χ0) is 32.5. The van der Waals surface area contributed by atoms with Crippen molar-refractivity contribution in [1.29, 1.82) is 0 Å². The zero-order valence-electron chi connectivity index (χ0n) is 25.3. The number of nitrogens with one attached hydrogen (secondary N) is 3. The van der Waals surface area contributed by atoms with Crippen molar-refractivity contribution in [3.05, 3.63) is 166 Å². The molecule has 0 aliphatic carbocycles. The maximum absolute atomic E-state index is 13.6. The summed E-state index contributed by atoms with van der Waals surface area (Å²) in [6.07, 6.45) is 1.54. The molecule has 5 aromatic carbocycles. The third kappa shape index (κ3) is 8.33. The fraction of sp³-hybridized carbons (Fsp3) is 0.0789. The lowest BCUT2D eigenvalue weighted by Crippen LogP contribution is -2.30. The van der Waals surface area contributed by atoms with Crippen LogP contribution in [-0.4, -0.2) is 17.7 Å². The summed E-state index contributed by atoms with van der Waals surface area (Å²) in [7, 11) is 0. The fourth-order valence-corrected chi connectivity index (χ4v) is 5.84. The van der Waals surface area contributed by atoms with E-state index in [1.807, 2.05) is 80.6 Å². The average Bonchev–Trinajstić information content (AvgIpc) is 3.07. The van der Waals surface area contributed by atoms with Gasteiger partial charge in [-0.25, -0.2) is 0 Å². The van der Waals surface area contributed by atoms with E-state index >= 15 is 0 Å². The number of amides is 3. The Morgan fingerprint density at radius 2 is 1.37 bits per heavy atom. The van der Waals surface area contributed by atoms with Gasteiger partial charge in [-0.3, -0.25) is 14.4 Å². The second-order valence-electron chi connectivity index (χ2n) is 10.5. The molecule has 0 aliphatic rings. The largest absolute Gasteiger partial charge is 0.325 e. The van der Waals surface area contributed by atoms with E-state index in [4.69, 9.17) is 11.6 Å². The molecule has 6 nitrogen and oxygen atoms in total. The lowest BCUT2D eigenvalue weighted by molar-refractivity contribution is -0.116. The maximum atomic E-state index is 13.6. The van der Waals surface area contributed by atoms with E-state index in [1.54, 1.807) is 66.7 Å². The van der Waals surface area contributed by atoms with Gasteiger partial charge in [-0.05, 0) is 90.7 Å². The van der Waals surface area contributed by atoms with Crippen molar-refractivity contribution in [2.24, 2.45) is 0 Å². The summed E-state index contributed by atoms with van der Waals surface area (Å²) < 4.78 is 0. The molecule has 0 radical (unpaired) electrons. The van der Waals surface area contributed by atoms with Crippen LogP contribution in [0.25, 0.3) is 6.08 Å². The Bertz CT molecular complexity index is 1880. The molecule has 0 aromatic heterocycles. The Morgan fingerprint density at radius 1 is 0.717 bits per heavy atom. The highest BCUT2D eigenvalue weighted by Gasteiger charge is 2.23. The first-order valence-electron chi connectivity index (χ1n) is 14.6. The van der Waals surface area contributed by atoms with Gasteiger partial charge < -0.3 is 16.0 Å². The minimum Gasteiger partial charge on any atom is -0.325 e. The Hall–Kier alpha value is -5.11. The highest BCUT2D eigenvalue weighted by atomic mass is 35.5. The van der Waals surface area contributed by atoms with Gasteiger partial charge in [0, 0.05) is 26.9 Å². The number of benzene rings is 5. The Balaban J connectivity index is 1.34. The number of halogens is 1. The van der Waals surface area contributed by atoms with Gasteiger partial charge in [-0.1, -0.05) is 90.5 Å². The number of rotatable bonds is 10. The van der Waals surface area contributed by atoms with Gasteiger partial charge in [0.05, 0.1) is 0 Å². The topological polar surface area (TPSA) is 87.3 Å². The van der Waals surface area contributed by atoms with Crippen LogP contribution in [0.3, 0.4) is 0 Å². The van der Waals surface area contributed by atoms with E-state index in [1.165, 1.54) is 11.8 Å². The first-order valence-corrected chi connectivity index (χ1v) is 15.9. The van der Waals surface area contributed by atoms with Crippen molar-refractivity contribution in [2.75, 3.05) is 10.6 Å². The van der Waals surface area contributed by atoms with Crippen LogP contribution in [0.2, 0.25) is 5.02 Å². The van der Waals surface area contributed by atoms with Crippen LogP contribution in [0.5, 0.6) is 0 Å². The van der Waals surface area contributed by atoms with Gasteiger partial charge in [0.2, 0.25) is 5.91 Å². The number of hydrogen-bond donors (Lipinski definition) is 3. The smallest absolute Gasteiger partial charge is 0.272 e. The first-order chi connectivity index (χ1) is 22.3. The van der Waals surface area contributed by atoms with Crippen molar-refractivity contribution >= 4 is 58.5 Å². The molecule has 1 atom stereocenters. The summed E-state index contributed by atoms with van der Waals surface area (Å²) in [5.74, 6) is -1.07. The summed E-state index contributed by atoms with van der Waals surface area (Å²) >= 11 is 7.77. The minimum absolute atomic E-state index is 0.0349. The van der Waals surface area contributed by atoms with Gasteiger partial charge in [-0.2, -0.15) is 0 Å². The molecule has 0 spiro atoms. The van der Waals surface area contributed by atoms with Crippen molar-refractivity contribution in [3.63, 3.8) is 0 Å². The summed E-state index contributed by atoms with van der Waals surface area (Å²) in [6.45, 7) is 4.01. The van der Waals surface area contributed by atoms with Gasteiger partial charge in [-0.15, -0.1) is 11.8 Å². The summed E-state index contributed by atoms with van der Waals surface area (Å²) in [5, 5.41) is 8.62. The minimum atomic E-state index is -0.514. The van der Waals surface area contributed by atoms with Crippen molar-refractivity contribution < 1.29 is 14.4 Å². The van der Waals surface area contributed by atoms with E-state index in [0.717, 1.165) is 27.3 Å². The normalized spacial score (nSPS) is 11.8. The Labute approximate surface area is 277 Å². The molecule has 0 saturated heterocycles. The molecule has 1 unspecified atom stereocenters. The van der Waals surface area contributed by atoms with Crippen LogP contribution >= 0.6 is 23.4 Å². The van der Waals surface area contributed by atoms with Crippen LogP contribution in [0.4, 0.5) is 11.4 Å². The molecule has 0 saturated carbocycles. The highest BCUT2D eigenvalue weighted by Crippen LogP contribution is 2.37. The van der Waals surface area contributed by atoms with E-state index in [0.29, 0.717) is 21.8 Å². The molecular weight excluding hydrogens is 614 g/mol. The molecule has 0 bridgehead atoms. The molecule has 0 fully saturated rings. The second kappa shape index (κ2) is 15.3. The summed E-state index contributed by atoms with van der Waals surface area (Å²) in [5.41, 5.74) is 5.33. The van der Waals surface area contributed by atoms with Crippen molar-refractivity contribution in [3.8, 4) is 0 Å². The average molecular weight is 646 g/mol. The second-order valence-corrected chi connectivity index (χ2v) is 12.1. The quantitative estimate of drug-likeness (QED) is 0.105. The molecule has 5 aromatic rings.